The van der Waals surface area contributed by atoms with Gasteiger partial charge in [-0.1, -0.05) is 30.3 Å². The number of likely N-dealkylation sites (tertiary alicyclic amines) is 1. The van der Waals surface area contributed by atoms with Gasteiger partial charge in [-0.05, 0) is 18.1 Å². The fourth-order valence-corrected chi connectivity index (χ4v) is 7.61. The van der Waals surface area contributed by atoms with E-state index in [0.717, 1.165) is 54.1 Å². The molecule has 3 aromatic rings. The van der Waals surface area contributed by atoms with E-state index < -0.39 is 0 Å². The number of carbonyl (C=O) groups is 1. The second kappa shape index (κ2) is 8.27. The summed E-state index contributed by atoms with van der Waals surface area (Å²) in [5.74, 6) is 0.171. The number of alkyl halides is 2. The van der Waals surface area contributed by atoms with Crippen molar-refractivity contribution in [3.8, 4) is 11.1 Å². The third kappa shape index (κ3) is 3.64. The minimum Gasteiger partial charge on any atom is -0.0622 e. The number of nitrogens with zero attached hydrogens (tertiary/aromatic N) is 3. The van der Waals surface area contributed by atoms with Crippen LogP contribution in [-0.4, -0.2) is 51.4 Å². The van der Waals surface area contributed by atoms with Gasteiger partial charge in [-0.3, -0.25) is 0 Å². The van der Waals surface area contributed by atoms with Crippen LogP contribution in [0.1, 0.15) is 44.1 Å². The number of hydrogen-bond acceptors (Lipinski definition) is 2. The van der Waals surface area contributed by atoms with Gasteiger partial charge in [0.05, 0.1) is 0 Å². The summed E-state index contributed by atoms with van der Waals surface area (Å²) in [6, 6.07) is 21.4. The molecule has 2 saturated heterocycles. The average Bonchev–Trinajstić information content (AvgIpc) is 3.60. The molecule has 2 fully saturated rings. The van der Waals surface area contributed by atoms with Gasteiger partial charge < -0.3 is 0 Å². The molecule has 3 aliphatic heterocycles. The third-order valence-electron chi connectivity index (χ3n) is 7.95. The van der Waals surface area contributed by atoms with E-state index in [1.54, 1.807) is 5.69 Å². The van der Waals surface area contributed by atoms with Crippen molar-refractivity contribution in [2.45, 2.75) is 35.8 Å². The maximum atomic E-state index is 13.4. The predicted octanol–water partition coefficient (Wildman–Crippen LogP) is 1.68. The molecule has 33 heavy (non-hydrogen) atoms. The Morgan fingerprint density at radius 1 is 0.970 bits per heavy atom. The van der Waals surface area contributed by atoms with Crippen molar-refractivity contribution in [1.82, 2.24) is 14.4 Å². The Bertz CT molecular complexity index is 1190. The van der Waals surface area contributed by atoms with Crippen molar-refractivity contribution < 1.29 is 26.0 Å². The molecule has 3 aliphatic rings. The first-order chi connectivity index (χ1) is 16.1. The number of aromatic nitrogens is 1. The van der Waals surface area contributed by atoms with Crippen LogP contribution >= 0.6 is 0 Å². The number of hydrogen-bond donors (Lipinski definition) is 0. The molecule has 0 N–H and O–H groups in total. The van der Waals surface area contributed by atoms with Gasteiger partial charge in [-0.25, -0.2) is 0 Å². The molecule has 0 radical (unpaired) electrons. The van der Waals surface area contributed by atoms with Crippen molar-refractivity contribution in [2.75, 3.05) is 31.1 Å². The van der Waals surface area contributed by atoms with E-state index in [9.17, 15) is 4.79 Å². The smallest absolute Gasteiger partial charge is 0.0622 e. The van der Waals surface area contributed by atoms with Crippen LogP contribution in [0.5, 0.6) is 0 Å². The van der Waals surface area contributed by atoms with E-state index >= 15 is 0 Å². The van der Waals surface area contributed by atoms with Gasteiger partial charge in [0.25, 0.3) is 0 Å². The number of amides is 1. The standard InChI is InChI=1S/C28H31IN3O/c1-20-18-22(8-9-23(20)21-6-4-3-5-7-21)27(33)31-14-12-28(13-15-31)26-11-10-25(24-19-29-24)32(26)17-16-30(28)2/h3-11,18,24H,12-17,19H2,1-2H3/q-1. The van der Waals surface area contributed by atoms with E-state index in [-0.39, 0.29) is 11.4 Å². The van der Waals surface area contributed by atoms with Crippen molar-refractivity contribution in [3.63, 3.8) is 0 Å². The Hall–Kier alpha value is -2.12. The number of rotatable bonds is 3. The molecule has 5 heteroatoms. The molecule has 2 aromatic carbocycles. The zero-order valence-corrected chi connectivity index (χ0v) is 21.6. The Kier molecular flexibility index (Phi) is 5.37. The van der Waals surface area contributed by atoms with Gasteiger partial charge in [-0.15, -0.1) is 0 Å². The molecule has 1 unspecified atom stereocenters. The summed E-state index contributed by atoms with van der Waals surface area (Å²) in [6.07, 6.45) is 2.03. The summed E-state index contributed by atoms with van der Waals surface area (Å²) in [5, 5.41) is 0. The molecule has 4 heterocycles. The molecule has 1 atom stereocenters. The molecular formula is C28H31IN3O-. The summed E-state index contributed by atoms with van der Waals surface area (Å²) < 4.78 is 4.98. The molecule has 0 aliphatic carbocycles. The van der Waals surface area contributed by atoms with Crippen LogP contribution < -0.4 is 21.2 Å². The van der Waals surface area contributed by atoms with Crippen molar-refractivity contribution >= 4 is 5.91 Å². The van der Waals surface area contributed by atoms with Crippen LogP contribution in [0.25, 0.3) is 11.1 Å². The van der Waals surface area contributed by atoms with Gasteiger partial charge in [0, 0.05) is 0 Å². The number of carbonyl (C=O) groups excluding carboxylic acids is 1. The average molecular weight is 552 g/mol. The second-order valence-electron chi connectivity index (χ2n) is 9.71. The van der Waals surface area contributed by atoms with Crippen LogP contribution in [-0.2, 0) is 12.1 Å². The zero-order chi connectivity index (χ0) is 22.6. The molecule has 0 bridgehead atoms. The van der Waals surface area contributed by atoms with Gasteiger partial charge in [-0.2, -0.15) is 0 Å². The van der Waals surface area contributed by atoms with Crippen LogP contribution in [0.2, 0.25) is 0 Å². The molecule has 0 saturated carbocycles. The topological polar surface area (TPSA) is 28.5 Å². The summed E-state index contributed by atoms with van der Waals surface area (Å²) in [5.41, 5.74) is 7.53. The van der Waals surface area contributed by atoms with Gasteiger partial charge >= 0.3 is 159 Å². The molecular weight excluding hydrogens is 521 g/mol. The number of likely N-dealkylation sites (N-methyl/N-ethyl adjacent to an activating group) is 1. The first-order valence-corrected chi connectivity index (χ1v) is 14.8. The maximum absolute atomic E-state index is 13.4. The Morgan fingerprint density at radius 3 is 2.42 bits per heavy atom. The van der Waals surface area contributed by atoms with Crippen molar-refractivity contribution in [1.29, 1.82) is 0 Å². The molecule has 4 nitrogen and oxygen atoms in total. The first kappa shape index (κ1) is 21.4. The van der Waals surface area contributed by atoms with Crippen molar-refractivity contribution in [2.24, 2.45) is 0 Å². The van der Waals surface area contributed by atoms with Crippen molar-refractivity contribution in [3.05, 3.63) is 83.2 Å². The van der Waals surface area contributed by atoms with E-state index in [1.165, 1.54) is 21.2 Å². The third-order valence-corrected chi connectivity index (χ3v) is 10.3. The minimum absolute atomic E-state index is 0.0770. The Morgan fingerprint density at radius 2 is 1.73 bits per heavy atom. The summed E-state index contributed by atoms with van der Waals surface area (Å²) in [4.78, 5) is 18.0. The van der Waals surface area contributed by atoms with Crippen LogP contribution in [0.4, 0.5) is 0 Å². The van der Waals surface area contributed by atoms with E-state index in [4.69, 9.17) is 0 Å². The molecule has 172 valence electrons. The normalized spacial score (nSPS) is 22.0. The monoisotopic (exact) mass is 552 g/mol. The fourth-order valence-electron chi connectivity index (χ4n) is 5.91. The van der Waals surface area contributed by atoms with E-state index in [1.807, 2.05) is 12.1 Å². The quantitative estimate of drug-likeness (QED) is 0.366. The summed E-state index contributed by atoms with van der Waals surface area (Å²) >= 11 is 0.413. The van der Waals surface area contributed by atoms with E-state index in [0.29, 0.717) is 21.2 Å². The number of piperidine rings is 1. The molecule has 6 rings (SSSR count). The molecule has 1 amide bonds. The Labute approximate surface area is 206 Å². The number of fused-ring (bicyclic) bond motifs is 2. The molecule has 1 aromatic heterocycles. The number of benzene rings is 2. The summed E-state index contributed by atoms with van der Waals surface area (Å²) in [7, 11) is 2.28. The fraction of sp³-hybridized carbons (Fsp3) is 0.393. The number of aryl methyl sites for hydroxylation is 1. The second-order valence-corrected chi connectivity index (χ2v) is 13.0. The minimum atomic E-state index is 0.0770. The zero-order valence-electron chi connectivity index (χ0n) is 19.4. The van der Waals surface area contributed by atoms with Crippen LogP contribution in [0.3, 0.4) is 0 Å². The number of halogens is 1. The SMILES string of the molecule is Cc1cc(C(=O)N2CCC3(CC2)c2ccc(C4C[I-]4)n2CCN3C)ccc1-c1ccccc1. The Balaban J connectivity index is 1.21. The van der Waals surface area contributed by atoms with Gasteiger partial charge in [0.2, 0.25) is 0 Å². The molecule has 1 spiro atoms. The first-order valence-electron chi connectivity index (χ1n) is 12.0. The summed E-state index contributed by atoms with van der Waals surface area (Å²) in [6.45, 7) is 5.97. The van der Waals surface area contributed by atoms with Gasteiger partial charge in [0.1, 0.15) is 0 Å². The predicted molar refractivity (Wildman–Crippen MR) is 128 cm³/mol. The van der Waals surface area contributed by atoms with Gasteiger partial charge in [0.15, 0.2) is 0 Å². The van der Waals surface area contributed by atoms with Crippen LogP contribution in [0.15, 0.2) is 60.7 Å². The van der Waals surface area contributed by atoms with E-state index in [2.05, 4.69) is 76.9 Å². The van der Waals surface area contributed by atoms with Crippen LogP contribution in [0, 0.1) is 6.92 Å².